The van der Waals surface area contributed by atoms with E-state index in [4.69, 9.17) is 4.74 Å². The Morgan fingerprint density at radius 3 is 2.25 bits per heavy atom. The lowest BCUT2D eigenvalue weighted by Crippen LogP contribution is -2.50. The number of piperazine rings is 1. The molecule has 0 atom stereocenters. The van der Waals surface area contributed by atoms with Crippen molar-refractivity contribution in [1.29, 1.82) is 0 Å². The fraction of sp³-hybridized carbons (Fsp3) is 0.316. The van der Waals surface area contributed by atoms with E-state index in [0.29, 0.717) is 6.54 Å². The fourth-order valence-corrected chi connectivity index (χ4v) is 2.60. The Bertz CT molecular complexity index is 650. The summed E-state index contributed by atoms with van der Waals surface area (Å²) in [4.78, 5) is 16.3. The quantitative estimate of drug-likeness (QED) is 0.940. The topological polar surface area (TPSA) is 44.8 Å². The van der Waals surface area contributed by atoms with Gasteiger partial charge in [-0.05, 0) is 36.9 Å². The SMILES string of the molecule is CN1CCN(C(=O)NCc2ccc(Oc3ccccc3)cc2)CC1. The van der Waals surface area contributed by atoms with Gasteiger partial charge in [-0.1, -0.05) is 30.3 Å². The number of carbonyl (C=O) groups is 1. The lowest BCUT2D eigenvalue weighted by Gasteiger charge is -2.32. The molecule has 2 aromatic carbocycles. The van der Waals surface area contributed by atoms with Gasteiger partial charge in [0, 0.05) is 32.7 Å². The Hall–Kier alpha value is -2.53. The smallest absolute Gasteiger partial charge is 0.317 e. The largest absolute Gasteiger partial charge is 0.457 e. The van der Waals surface area contributed by atoms with Crippen LogP contribution in [0.3, 0.4) is 0 Å². The van der Waals surface area contributed by atoms with E-state index in [1.807, 2.05) is 59.5 Å². The molecule has 0 saturated carbocycles. The summed E-state index contributed by atoms with van der Waals surface area (Å²) < 4.78 is 5.76. The van der Waals surface area contributed by atoms with Gasteiger partial charge >= 0.3 is 6.03 Å². The molecule has 0 radical (unpaired) electrons. The number of carbonyl (C=O) groups excluding carboxylic acids is 1. The van der Waals surface area contributed by atoms with Gasteiger partial charge in [0.15, 0.2) is 0 Å². The zero-order valence-corrected chi connectivity index (χ0v) is 13.9. The summed E-state index contributed by atoms with van der Waals surface area (Å²) in [6, 6.07) is 17.5. The van der Waals surface area contributed by atoms with Gasteiger partial charge in [0.1, 0.15) is 11.5 Å². The van der Waals surface area contributed by atoms with Crippen molar-refractivity contribution in [2.24, 2.45) is 0 Å². The van der Waals surface area contributed by atoms with Crippen molar-refractivity contribution in [2.75, 3.05) is 33.2 Å². The maximum Gasteiger partial charge on any atom is 0.317 e. The second-order valence-electron chi connectivity index (χ2n) is 6.01. The van der Waals surface area contributed by atoms with Crippen LogP contribution in [0.15, 0.2) is 54.6 Å². The molecule has 1 heterocycles. The Morgan fingerprint density at radius 1 is 0.958 bits per heavy atom. The summed E-state index contributed by atoms with van der Waals surface area (Å²) >= 11 is 0. The van der Waals surface area contributed by atoms with Crippen molar-refractivity contribution in [3.05, 3.63) is 60.2 Å². The average Bonchev–Trinajstić information content (AvgIpc) is 2.62. The molecule has 1 aliphatic rings. The molecule has 0 aliphatic carbocycles. The zero-order valence-electron chi connectivity index (χ0n) is 13.9. The molecule has 5 heteroatoms. The number of rotatable bonds is 4. The number of hydrogen-bond acceptors (Lipinski definition) is 3. The molecule has 1 N–H and O–H groups in total. The average molecular weight is 325 g/mol. The number of para-hydroxylation sites is 1. The highest BCUT2D eigenvalue weighted by molar-refractivity contribution is 5.74. The summed E-state index contributed by atoms with van der Waals surface area (Å²) in [6.45, 7) is 3.95. The summed E-state index contributed by atoms with van der Waals surface area (Å²) in [6.07, 6.45) is 0. The van der Waals surface area contributed by atoms with Gasteiger partial charge in [-0.15, -0.1) is 0 Å². The van der Waals surface area contributed by atoms with E-state index in [9.17, 15) is 4.79 Å². The van der Waals surface area contributed by atoms with Gasteiger partial charge < -0.3 is 19.9 Å². The minimum Gasteiger partial charge on any atom is -0.457 e. The highest BCUT2D eigenvalue weighted by Crippen LogP contribution is 2.21. The zero-order chi connectivity index (χ0) is 16.8. The number of benzene rings is 2. The Labute approximate surface area is 142 Å². The maximum absolute atomic E-state index is 12.2. The number of likely N-dealkylation sites (N-methyl/N-ethyl adjacent to an activating group) is 1. The van der Waals surface area contributed by atoms with Crippen LogP contribution >= 0.6 is 0 Å². The van der Waals surface area contributed by atoms with Gasteiger partial charge in [0.25, 0.3) is 0 Å². The molecule has 0 unspecified atom stereocenters. The summed E-state index contributed by atoms with van der Waals surface area (Å²) in [5.74, 6) is 1.60. The fourth-order valence-electron chi connectivity index (χ4n) is 2.60. The molecule has 1 fully saturated rings. The second-order valence-corrected chi connectivity index (χ2v) is 6.01. The number of ether oxygens (including phenoxy) is 1. The molecule has 0 aromatic heterocycles. The number of hydrogen-bond donors (Lipinski definition) is 1. The predicted octanol–water partition coefficient (Wildman–Crippen LogP) is 2.94. The van der Waals surface area contributed by atoms with Crippen molar-refractivity contribution in [1.82, 2.24) is 15.1 Å². The van der Waals surface area contributed by atoms with E-state index in [0.717, 1.165) is 43.2 Å². The van der Waals surface area contributed by atoms with Crippen LogP contribution < -0.4 is 10.1 Å². The van der Waals surface area contributed by atoms with Crippen LogP contribution in [0.1, 0.15) is 5.56 Å². The Morgan fingerprint density at radius 2 is 1.58 bits per heavy atom. The van der Waals surface area contributed by atoms with E-state index in [-0.39, 0.29) is 6.03 Å². The first kappa shape index (κ1) is 16.3. The minimum absolute atomic E-state index is 0.00714. The Balaban J connectivity index is 1.48. The molecule has 0 spiro atoms. The maximum atomic E-state index is 12.2. The van der Waals surface area contributed by atoms with Crippen molar-refractivity contribution in [3.8, 4) is 11.5 Å². The molecule has 1 saturated heterocycles. The third-order valence-corrected chi connectivity index (χ3v) is 4.14. The van der Waals surface area contributed by atoms with Crippen molar-refractivity contribution in [2.45, 2.75) is 6.54 Å². The highest BCUT2D eigenvalue weighted by atomic mass is 16.5. The molecular weight excluding hydrogens is 302 g/mol. The summed E-state index contributed by atoms with van der Waals surface area (Å²) in [7, 11) is 2.08. The van der Waals surface area contributed by atoms with Gasteiger partial charge in [-0.25, -0.2) is 4.79 Å². The van der Waals surface area contributed by atoms with E-state index in [2.05, 4.69) is 17.3 Å². The monoisotopic (exact) mass is 325 g/mol. The summed E-state index contributed by atoms with van der Waals surface area (Å²) in [5.41, 5.74) is 1.05. The van der Waals surface area contributed by atoms with Crippen LogP contribution in [0.25, 0.3) is 0 Å². The van der Waals surface area contributed by atoms with Crippen LogP contribution in [-0.4, -0.2) is 49.1 Å². The molecule has 0 bridgehead atoms. The first-order valence-corrected chi connectivity index (χ1v) is 8.24. The lowest BCUT2D eigenvalue weighted by atomic mass is 10.2. The molecular formula is C19H23N3O2. The van der Waals surface area contributed by atoms with Gasteiger partial charge in [-0.3, -0.25) is 0 Å². The molecule has 126 valence electrons. The summed E-state index contributed by atoms with van der Waals surface area (Å²) in [5, 5.41) is 2.98. The van der Waals surface area contributed by atoms with Crippen molar-refractivity contribution >= 4 is 6.03 Å². The first-order chi connectivity index (χ1) is 11.7. The lowest BCUT2D eigenvalue weighted by molar-refractivity contribution is 0.154. The molecule has 2 aromatic rings. The number of amides is 2. The van der Waals surface area contributed by atoms with Gasteiger partial charge in [0.2, 0.25) is 0 Å². The third kappa shape index (κ3) is 4.49. The van der Waals surface area contributed by atoms with Crippen LogP contribution in [0, 0.1) is 0 Å². The van der Waals surface area contributed by atoms with Crippen LogP contribution in [-0.2, 0) is 6.54 Å². The predicted molar refractivity (Wildman–Crippen MR) is 94.3 cm³/mol. The third-order valence-electron chi connectivity index (χ3n) is 4.14. The van der Waals surface area contributed by atoms with E-state index >= 15 is 0 Å². The first-order valence-electron chi connectivity index (χ1n) is 8.24. The number of urea groups is 1. The van der Waals surface area contributed by atoms with Gasteiger partial charge in [-0.2, -0.15) is 0 Å². The van der Waals surface area contributed by atoms with E-state index in [1.54, 1.807) is 0 Å². The number of nitrogens with zero attached hydrogens (tertiary/aromatic N) is 2. The number of nitrogens with one attached hydrogen (secondary N) is 1. The highest BCUT2D eigenvalue weighted by Gasteiger charge is 2.18. The van der Waals surface area contributed by atoms with Crippen molar-refractivity contribution < 1.29 is 9.53 Å². The molecule has 24 heavy (non-hydrogen) atoms. The van der Waals surface area contributed by atoms with Gasteiger partial charge in [0.05, 0.1) is 0 Å². The van der Waals surface area contributed by atoms with E-state index in [1.165, 1.54) is 0 Å². The van der Waals surface area contributed by atoms with E-state index < -0.39 is 0 Å². The normalized spacial score (nSPS) is 15.1. The standard InChI is InChI=1S/C19H23N3O2/c1-21-11-13-22(14-12-21)19(23)20-15-16-7-9-18(10-8-16)24-17-5-3-2-4-6-17/h2-10H,11-15H2,1H3,(H,20,23). The van der Waals surface area contributed by atoms with Crippen LogP contribution in [0.2, 0.25) is 0 Å². The van der Waals surface area contributed by atoms with Crippen LogP contribution in [0.5, 0.6) is 11.5 Å². The molecule has 2 amide bonds. The minimum atomic E-state index is 0.00714. The molecule has 3 rings (SSSR count). The van der Waals surface area contributed by atoms with Crippen molar-refractivity contribution in [3.63, 3.8) is 0 Å². The second kappa shape index (κ2) is 7.84. The Kier molecular flexibility index (Phi) is 5.33. The van der Waals surface area contributed by atoms with Crippen LogP contribution in [0.4, 0.5) is 4.79 Å². The molecule has 1 aliphatic heterocycles. The molecule has 5 nitrogen and oxygen atoms in total.